The molecule has 0 aromatic carbocycles. The van der Waals surface area contributed by atoms with Gasteiger partial charge < -0.3 is 32.3 Å². The summed E-state index contributed by atoms with van der Waals surface area (Å²) >= 11 is 0. The van der Waals surface area contributed by atoms with Crippen LogP contribution >= 0.6 is 0 Å². The van der Waals surface area contributed by atoms with Crippen molar-refractivity contribution in [2.75, 3.05) is 6.54 Å². The van der Waals surface area contributed by atoms with Crippen LogP contribution < -0.4 is 22.1 Å². The zero-order chi connectivity index (χ0) is 17.3. The number of carbonyl (C=O) groups excluding carboxylic acids is 2. The molecule has 128 valence electrons. The Labute approximate surface area is 129 Å². The molecule has 22 heavy (non-hydrogen) atoms. The van der Waals surface area contributed by atoms with Gasteiger partial charge in [0.25, 0.3) is 0 Å². The molecule has 0 aromatic rings. The Bertz CT molecular complexity index is 389. The number of unbranched alkanes of at least 4 members (excludes halogenated alkanes) is 1. The number of hydrogen-bond acceptors (Lipinski definition) is 6. The second-order valence-corrected chi connectivity index (χ2v) is 5.23. The Morgan fingerprint density at radius 2 is 1.68 bits per heavy atom. The van der Waals surface area contributed by atoms with Gasteiger partial charge in [0, 0.05) is 6.54 Å². The Kier molecular flexibility index (Phi) is 9.31. The molecule has 0 aliphatic carbocycles. The molecule has 9 heteroatoms. The molecule has 0 radical (unpaired) electrons. The van der Waals surface area contributed by atoms with E-state index in [0.29, 0.717) is 25.8 Å². The van der Waals surface area contributed by atoms with Gasteiger partial charge >= 0.3 is 5.97 Å². The molecule has 2 amide bonds. The van der Waals surface area contributed by atoms with Crippen molar-refractivity contribution < 1.29 is 24.6 Å². The first-order chi connectivity index (χ1) is 10.2. The lowest BCUT2D eigenvalue weighted by molar-refractivity contribution is -0.138. The summed E-state index contributed by atoms with van der Waals surface area (Å²) < 4.78 is 0. The van der Waals surface area contributed by atoms with E-state index in [-0.39, 0.29) is 5.91 Å². The number of nitrogens with two attached hydrogens (primary N) is 2. The first-order valence-corrected chi connectivity index (χ1v) is 7.17. The zero-order valence-corrected chi connectivity index (χ0v) is 12.9. The van der Waals surface area contributed by atoms with Crippen molar-refractivity contribution >= 4 is 17.8 Å². The number of aliphatic hydroxyl groups excluding tert-OH is 1. The fourth-order valence-corrected chi connectivity index (χ4v) is 1.57. The minimum atomic E-state index is -1.09. The van der Waals surface area contributed by atoms with Crippen molar-refractivity contribution in [3.05, 3.63) is 0 Å². The van der Waals surface area contributed by atoms with Gasteiger partial charge in [-0.1, -0.05) is 0 Å². The van der Waals surface area contributed by atoms with Crippen LogP contribution in [0.25, 0.3) is 0 Å². The highest BCUT2D eigenvalue weighted by Gasteiger charge is 2.22. The summed E-state index contributed by atoms with van der Waals surface area (Å²) in [6, 6.07) is -2.76. The predicted octanol–water partition coefficient (Wildman–Crippen LogP) is -2.10. The largest absolute Gasteiger partial charge is 0.480 e. The molecule has 0 bridgehead atoms. The molecule has 8 N–H and O–H groups in total. The molecule has 0 aliphatic heterocycles. The highest BCUT2D eigenvalue weighted by molar-refractivity contribution is 5.89. The summed E-state index contributed by atoms with van der Waals surface area (Å²) in [5, 5.41) is 22.8. The number of rotatable bonds is 10. The van der Waals surface area contributed by atoms with Gasteiger partial charge in [-0.3, -0.25) is 14.4 Å². The van der Waals surface area contributed by atoms with Gasteiger partial charge in [-0.05, 0) is 33.1 Å². The van der Waals surface area contributed by atoms with E-state index < -0.39 is 36.1 Å². The fraction of sp³-hybridized carbons (Fsp3) is 0.769. The van der Waals surface area contributed by atoms with E-state index in [4.69, 9.17) is 16.6 Å². The molecule has 0 unspecified atom stereocenters. The lowest BCUT2D eigenvalue weighted by Crippen LogP contribution is -2.53. The van der Waals surface area contributed by atoms with Gasteiger partial charge in [0.05, 0.1) is 6.10 Å². The average Bonchev–Trinajstić information content (AvgIpc) is 2.44. The number of aliphatic hydroxyl groups is 1. The van der Waals surface area contributed by atoms with Crippen molar-refractivity contribution in [1.29, 1.82) is 0 Å². The number of nitrogens with one attached hydrogen (secondary N) is 2. The van der Waals surface area contributed by atoms with Gasteiger partial charge in [0.1, 0.15) is 18.1 Å². The molecule has 0 fully saturated rings. The molecule has 0 heterocycles. The average molecular weight is 318 g/mol. The number of carboxylic acid groups (broad SMARTS) is 1. The second kappa shape index (κ2) is 10.1. The lowest BCUT2D eigenvalue weighted by atomic mass is 10.1. The monoisotopic (exact) mass is 318 g/mol. The van der Waals surface area contributed by atoms with E-state index in [1.165, 1.54) is 13.8 Å². The molecular weight excluding hydrogens is 292 g/mol. The minimum absolute atomic E-state index is 0.334. The first kappa shape index (κ1) is 20.3. The topological polar surface area (TPSA) is 168 Å². The molecule has 0 aromatic heterocycles. The summed E-state index contributed by atoms with van der Waals surface area (Å²) in [5.41, 5.74) is 10.8. The summed E-state index contributed by atoms with van der Waals surface area (Å²) in [5.74, 6) is -2.03. The van der Waals surface area contributed by atoms with Gasteiger partial charge in [0.15, 0.2) is 0 Å². The molecule has 0 rings (SSSR count). The summed E-state index contributed by atoms with van der Waals surface area (Å²) in [6.07, 6.45) is 0.483. The van der Waals surface area contributed by atoms with E-state index in [2.05, 4.69) is 10.6 Å². The standard InChI is InChI=1S/C13H26N4O5/c1-7(17-12(20)10(15)8(2)18)11(19)16-6-4-3-5-9(14)13(21)22/h7-10,18H,3-6,14-15H2,1-2H3,(H,16,19)(H,17,20)(H,21,22)/t7-,8-,9+,10+/m1/s1. The van der Waals surface area contributed by atoms with Crippen LogP contribution in [0.2, 0.25) is 0 Å². The summed E-state index contributed by atoms with van der Waals surface area (Å²) in [4.78, 5) is 33.8. The van der Waals surface area contributed by atoms with Crippen LogP contribution in [0.15, 0.2) is 0 Å². The quantitative estimate of drug-likeness (QED) is 0.251. The van der Waals surface area contributed by atoms with Crippen molar-refractivity contribution in [3.8, 4) is 0 Å². The number of carbonyl (C=O) groups is 3. The van der Waals surface area contributed by atoms with E-state index in [1.54, 1.807) is 0 Å². The van der Waals surface area contributed by atoms with Crippen LogP contribution in [-0.4, -0.2) is 58.8 Å². The molecule has 0 saturated carbocycles. The van der Waals surface area contributed by atoms with Crippen molar-refractivity contribution in [3.63, 3.8) is 0 Å². The lowest BCUT2D eigenvalue weighted by Gasteiger charge is -2.18. The zero-order valence-electron chi connectivity index (χ0n) is 12.9. The van der Waals surface area contributed by atoms with Crippen LogP contribution in [0.5, 0.6) is 0 Å². The van der Waals surface area contributed by atoms with Crippen molar-refractivity contribution in [2.45, 2.75) is 57.3 Å². The van der Waals surface area contributed by atoms with Crippen LogP contribution in [0.1, 0.15) is 33.1 Å². The number of aliphatic carboxylic acids is 1. The normalized spacial score (nSPS) is 16.2. The molecule has 4 atom stereocenters. The molecule has 0 saturated heterocycles. The number of amides is 2. The third-order valence-corrected chi connectivity index (χ3v) is 3.13. The van der Waals surface area contributed by atoms with Crippen LogP contribution in [0, 0.1) is 0 Å². The van der Waals surface area contributed by atoms with Gasteiger partial charge in [-0.25, -0.2) is 0 Å². The maximum absolute atomic E-state index is 11.7. The van der Waals surface area contributed by atoms with E-state index in [1.807, 2.05) is 0 Å². The van der Waals surface area contributed by atoms with E-state index in [9.17, 15) is 19.5 Å². The van der Waals surface area contributed by atoms with Gasteiger partial charge in [-0.2, -0.15) is 0 Å². The fourth-order valence-electron chi connectivity index (χ4n) is 1.57. The SMILES string of the molecule is C[C@@H](NC(=O)[C@@H](N)[C@@H](C)O)C(=O)NCCCC[C@H](N)C(=O)O. The predicted molar refractivity (Wildman–Crippen MR) is 79.7 cm³/mol. The van der Waals surface area contributed by atoms with E-state index >= 15 is 0 Å². The van der Waals surface area contributed by atoms with Gasteiger partial charge in [0.2, 0.25) is 11.8 Å². The number of carboxylic acids is 1. The Balaban J connectivity index is 3.92. The van der Waals surface area contributed by atoms with Crippen LogP contribution in [0.3, 0.4) is 0 Å². The summed E-state index contributed by atoms with van der Waals surface area (Å²) in [7, 11) is 0. The molecular formula is C13H26N4O5. The Morgan fingerprint density at radius 1 is 1.09 bits per heavy atom. The maximum Gasteiger partial charge on any atom is 0.320 e. The Morgan fingerprint density at radius 3 is 2.18 bits per heavy atom. The summed E-state index contributed by atoms with van der Waals surface area (Å²) in [6.45, 7) is 3.24. The minimum Gasteiger partial charge on any atom is -0.480 e. The third-order valence-electron chi connectivity index (χ3n) is 3.13. The molecule has 9 nitrogen and oxygen atoms in total. The second-order valence-electron chi connectivity index (χ2n) is 5.23. The number of hydrogen-bond donors (Lipinski definition) is 6. The van der Waals surface area contributed by atoms with Crippen molar-refractivity contribution in [1.82, 2.24) is 10.6 Å². The van der Waals surface area contributed by atoms with Crippen molar-refractivity contribution in [2.24, 2.45) is 11.5 Å². The van der Waals surface area contributed by atoms with Gasteiger partial charge in [-0.15, -0.1) is 0 Å². The Hall–Kier alpha value is -1.71. The molecule has 0 spiro atoms. The highest BCUT2D eigenvalue weighted by atomic mass is 16.4. The maximum atomic E-state index is 11.7. The molecule has 0 aliphatic rings. The first-order valence-electron chi connectivity index (χ1n) is 7.17. The smallest absolute Gasteiger partial charge is 0.320 e. The highest BCUT2D eigenvalue weighted by Crippen LogP contribution is 1.98. The van der Waals surface area contributed by atoms with Crippen LogP contribution in [-0.2, 0) is 14.4 Å². The third kappa shape index (κ3) is 7.91. The van der Waals surface area contributed by atoms with E-state index in [0.717, 1.165) is 0 Å². The van der Waals surface area contributed by atoms with Crippen LogP contribution in [0.4, 0.5) is 0 Å².